The number of hydrogen-bond donors (Lipinski definition) is 2. The highest BCUT2D eigenvalue weighted by Crippen LogP contribution is 2.27. The lowest BCUT2D eigenvalue weighted by Gasteiger charge is -2.28. The molecule has 0 unspecified atom stereocenters. The van der Waals surface area contributed by atoms with Crippen molar-refractivity contribution in [3.8, 4) is 0 Å². The van der Waals surface area contributed by atoms with Crippen LogP contribution in [0.3, 0.4) is 0 Å². The molecule has 142 valence electrons. The SMILES string of the molecule is COC(=O)[C@H]([C@H](NC(=O)c1ccccc1)C(=O)OC)[C@@H](O)c1ccccc1. The number of aliphatic hydroxyl groups is 1. The highest BCUT2D eigenvalue weighted by atomic mass is 16.5. The second-order valence-corrected chi connectivity index (χ2v) is 5.74. The normalized spacial score (nSPS) is 13.7. The molecule has 3 atom stereocenters. The van der Waals surface area contributed by atoms with Gasteiger partial charge in [0.2, 0.25) is 0 Å². The molecule has 2 aromatic carbocycles. The first kappa shape index (κ1) is 20.1. The molecule has 0 aromatic heterocycles. The number of ether oxygens (including phenoxy) is 2. The predicted molar refractivity (Wildman–Crippen MR) is 96.6 cm³/mol. The first-order valence-electron chi connectivity index (χ1n) is 8.24. The average molecular weight is 371 g/mol. The average Bonchev–Trinajstić information content (AvgIpc) is 2.73. The lowest BCUT2D eigenvalue weighted by atomic mass is 9.88. The predicted octanol–water partition coefficient (Wildman–Crippen LogP) is 1.48. The van der Waals surface area contributed by atoms with Gasteiger partial charge in [0.1, 0.15) is 12.0 Å². The highest BCUT2D eigenvalue weighted by molar-refractivity contribution is 5.98. The molecule has 0 radical (unpaired) electrons. The van der Waals surface area contributed by atoms with Gasteiger partial charge in [-0.25, -0.2) is 4.79 Å². The molecule has 2 N–H and O–H groups in total. The molecule has 2 rings (SSSR count). The number of nitrogens with one attached hydrogen (secondary N) is 1. The van der Waals surface area contributed by atoms with E-state index in [2.05, 4.69) is 5.32 Å². The number of methoxy groups -OCH3 is 2. The molecule has 2 aromatic rings. The van der Waals surface area contributed by atoms with Crippen LogP contribution in [0.4, 0.5) is 0 Å². The Hall–Kier alpha value is -3.19. The molecule has 0 saturated carbocycles. The summed E-state index contributed by atoms with van der Waals surface area (Å²) >= 11 is 0. The molecule has 7 nitrogen and oxygen atoms in total. The van der Waals surface area contributed by atoms with Gasteiger partial charge in [0.05, 0.1) is 20.3 Å². The van der Waals surface area contributed by atoms with Crippen molar-refractivity contribution < 1.29 is 29.0 Å². The van der Waals surface area contributed by atoms with Crippen molar-refractivity contribution in [2.75, 3.05) is 14.2 Å². The van der Waals surface area contributed by atoms with Crippen LogP contribution in [0.1, 0.15) is 22.0 Å². The maximum absolute atomic E-state index is 12.5. The summed E-state index contributed by atoms with van der Waals surface area (Å²) < 4.78 is 9.50. The van der Waals surface area contributed by atoms with Crippen LogP contribution in [0.2, 0.25) is 0 Å². The zero-order valence-corrected chi connectivity index (χ0v) is 15.0. The number of amides is 1. The summed E-state index contributed by atoms with van der Waals surface area (Å²) in [6.45, 7) is 0. The maximum Gasteiger partial charge on any atom is 0.329 e. The Morgan fingerprint density at radius 2 is 1.37 bits per heavy atom. The minimum Gasteiger partial charge on any atom is -0.469 e. The van der Waals surface area contributed by atoms with Crippen molar-refractivity contribution in [3.05, 3.63) is 71.8 Å². The maximum atomic E-state index is 12.5. The van der Waals surface area contributed by atoms with E-state index >= 15 is 0 Å². The summed E-state index contributed by atoms with van der Waals surface area (Å²) in [5.41, 5.74) is 0.694. The van der Waals surface area contributed by atoms with Crippen LogP contribution >= 0.6 is 0 Å². The van der Waals surface area contributed by atoms with Crippen LogP contribution in [0.5, 0.6) is 0 Å². The van der Waals surface area contributed by atoms with Crippen LogP contribution in [0, 0.1) is 5.92 Å². The van der Waals surface area contributed by atoms with Gasteiger partial charge in [-0.15, -0.1) is 0 Å². The second kappa shape index (κ2) is 9.49. The van der Waals surface area contributed by atoms with Gasteiger partial charge in [-0.2, -0.15) is 0 Å². The molecule has 0 aliphatic heterocycles. The molecular weight excluding hydrogens is 350 g/mol. The summed E-state index contributed by atoms with van der Waals surface area (Å²) in [5, 5.41) is 13.2. The summed E-state index contributed by atoms with van der Waals surface area (Å²) in [4.78, 5) is 37.2. The lowest BCUT2D eigenvalue weighted by Crippen LogP contribution is -2.51. The highest BCUT2D eigenvalue weighted by Gasteiger charge is 2.42. The number of carbonyl (C=O) groups is 3. The number of esters is 2. The Balaban J connectivity index is 2.38. The molecule has 7 heteroatoms. The van der Waals surface area contributed by atoms with Crippen molar-refractivity contribution in [2.24, 2.45) is 5.92 Å². The Labute approximate surface area is 156 Å². The molecule has 0 spiro atoms. The molecule has 0 aliphatic rings. The summed E-state index contributed by atoms with van der Waals surface area (Å²) in [5.74, 6) is -3.70. The fourth-order valence-electron chi connectivity index (χ4n) is 2.68. The van der Waals surface area contributed by atoms with Crippen molar-refractivity contribution in [2.45, 2.75) is 12.1 Å². The van der Waals surface area contributed by atoms with E-state index in [0.29, 0.717) is 11.1 Å². The third-order valence-electron chi connectivity index (χ3n) is 4.09. The topological polar surface area (TPSA) is 102 Å². The summed E-state index contributed by atoms with van der Waals surface area (Å²) in [6, 6.07) is 15.1. The first-order chi connectivity index (χ1) is 13.0. The second-order valence-electron chi connectivity index (χ2n) is 5.74. The van der Waals surface area contributed by atoms with E-state index in [9.17, 15) is 19.5 Å². The van der Waals surface area contributed by atoms with E-state index < -0.39 is 35.9 Å². The van der Waals surface area contributed by atoms with Gasteiger partial charge in [0.15, 0.2) is 0 Å². The van der Waals surface area contributed by atoms with Crippen molar-refractivity contribution in [1.29, 1.82) is 0 Å². The van der Waals surface area contributed by atoms with Crippen molar-refractivity contribution >= 4 is 17.8 Å². The summed E-state index contributed by atoms with van der Waals surface area (Å²) in [6.07, 6.45) is -1.39. The molecule has 0 saturated heterocycles. The van der Waals surface area contributed by atoms with E-state index in [1.165, 1.54) is 0 Å². The quantitative estimate of drug-likeness (QED) is 0.715. The van der Waals surface area contributed by atoms with Crippen molar-refractivity contribution in [1.82, 2.24) is 5.32 Å². The Morgan fingerprint density at radius 3 is 1.89 bits per heavy atom. The largest absolute Gasteiger partial charge is 0.469 e. The van der Waals surface area contributed by atoms with Crippen LogP contribution < -0.4 is 5.32 Å². The zero-order chi connectivity index (χ0) is 19.8. The fraction of sp³-hybridized carbons (Fsp3) is 0.250. The Morgan fingerprint density at radius 1 is 0.852 bits per heavy atom. The number of benzene rings is 2. The van der Waals surface area contributed by atoms with Crippen LogP contribution in [0.25, 0.3) is 0 Å². The Bertz CT molecular complexity index is 778. The number of rotatable bonds is 7. The molecule has 0 fully saturated rings. The third kappa shape index (κ3) is 4.92. The van der Waals surface area contributed by atoms with E-state index in [4.69, 9.17) is 9.47 Å². The summed E-state index contributed by atoms with van der Waals surface area (Å²) in [7, 11) is 2.27. The third-order valence-corrected chi connectivity index (χ3v) is 4.09. The van der Waals surface area contributed by atoms with Gasteiger partial charge in [-0.3, -0.25) is 9.59 Å². The molecule has 0 heterocycles. The number of carbonyl (C=O) groups excluding carboxylic acids is 3. The van der Waals surface area contributed by atoms with Crippen LogP contribution in [-0.4, -0.2) is 43.2 Å². The van der Waals surface area contributed by atoms with Gasteiger partial charge < -0.3 is 19.9 Å². The Kier molecular flexibility index (Phi) is 7.08. The van der Waals surface area contributed by atoms with E-state index in [0.717, 1.165) is 14.2 Å². The van der Waals surface area contributed by atoms with Gasteiger partial charge in [-0.1, -0.05) is 48.5 Å². The first-order valence-corrected chi connectivity index (χ1v) is 8.24. The van der Waals surface area contributed by atoms with Gasteiger partial charge in [-0.05, 0) is 17.7 Å². The number of hydrogen-bond acceptors (Lipinski definition) is 6. The van der Waals surface area contributed by atoms with Crippen molar-refractivity contribution in [3.63, 3.8) is 0 Å². The molecule has 1 amide bonds. The van der Waals surface area contributed by atoms with Gasteiger partial charge in [0, 0.05) is 5.56 Å². The number of aliphatic hydroxyl groups excluding tert-OH is 1. The fourth-order valence-corrected chi connectivity index (χ4v) is 2.68. The monoisotopic (exact) mass is 371 g/mol. The van der Waals surface area contributed by atoms with Crippen LogP contribution in [0.15, 0.2) is 60.7 Å². The minimum absolute atomic E-state index is 0.296. The van der Waals surface area contributed by atoms with E-state index in [1.807, 2.05) is 0 Å². The van der Waals surface area contributed by atoms with Gasteiger partial charge in [0.25, 0.3) is 5.91 Å². The zero-order valence-electron chi connectivity index (χ0n) is 15.0. The lowest BCUT2D eigenvalue weighted by molar-refractivity contribution is -0.159. The molecule has 27 heavy (non-hydrogen) atoms. The standard InChI is InChI=1S/C20H21NO6/c1-26-19(24)15(17(22)13-9-5-3-6-10-13)16(20(25)27-2)21-18(23)14-11-7-4-8-12-14/h3-12,15-17,22H,1-2H3,(H,21,23)/t15-,16+,17+/m1/s1. The van der Waals surface area contributed by atoms with Crippen LogP contribution in [-0.2, 0) is 19.1 Å². The minimum atomic E-state index is -1.44. The van der Waals surface area contributed by atoms with E-state index in [-0.39, 0.29) is 0 Å². The molecular formula is C20H21NO6. The van der Waals surface area contributed by atoms with Gasteiger partial charge >= 0.3 is 11.9 Å². The molecule has 0 aliphatic carbocycles. The van der Waals surface area contributed by atoms with E-state index in [1.54, 1.807) is 60.7 Å². The molecule has 0 bridgehead atoms. The smallest absolute Gasteiger partial charge is 0.329 e.